The molecule has 0 spiro atoms. The molecule has 0 saturated carbocycles. The Balaban J connectivity index is 1.39. The summed E-state index contributed by atoms with van der Waals surface area (Å²) in [6, 6.07) is 34.3. The largest absolute Gasteiger partial charge is 0.491 e. The molecule has 0 aliphatic heterocycles. The molecule has 2 unspecified atom stereocenters. The van der Waals surface area contributed by atoms with Crippen molar-refractivity contribution >= 4 is 0 Å². The highest BCUT2D eigenvalue weighted by atomic mass is 16.6. The summed E-state index contributed by atoms with van der Waals surface area (Å²) in [4.78, 5) is 0. The summed E-state index contributed by atoms with van der Waals surface area (Å²) in [6.07, 6.45) is 3.66. The normalized spacial score (nSPS) is 15.3. The Morgan fingerprint density at radius 1 is 0.702 bits per heavy atom. The van der Waals surface area contributed by atoms with Crippen LogP contribution in [-0.4, -0.2) is 43.4 Å². The minimum Gasteiger partial charge on any atom is -0.491 e. The zero-order valence-electron chi connectivity index (χ0n) is 28.6. The second-order valence-corrected chi connectivity index (χ2v) is 13.2. The van der Waals surface area contributed by atoms with Crippen molar-refractivity contribution in [3.05, 3.63) is 132 Å². The van der Waals surface area contributed by atoms with Gasteiger partial charge in [-0.3, -0.25) is 0 Å². The van der Waals surface area contributed by atoms with Gasteiger partial charge in [-0.05, 0) is 84.3 Å². The maximum Gasteiger partial charge on any atom is 0.163 e. The second kappa shape index (κ2) is 14.9. The van der Waals surface area contributed by atoms with Crippen LogP contribution in [0.15, 0.2) is 110 Å². The smallest absolute Gasteiger partial charge is 0.163 e. The van der Waals surface area contributed by atoms with Crippen LogP contribution in [0.25, 0.3) is 11.1 Å². The van der Waals surface area contributed by atoms with Crippen LogP contribution in [0.3, 0.4) is 0 Å². The molecular weight excluding hydrogens is 584 g/mol. The number of fused-ring (bicyclic) bond motifs is 3. The van der Waals surface area contributed by atoms with Gasteiger partial charge < -0.3 is 24.1 Å². The van der Waals surface area contributed by atoms with Crippen molar-refractivity contribution in [2.75, 3.05) is 26.4 Å². The topological polar surface area (TPSA) is 57.2 Å². The van der Waals surface area contributed by atoms with Gasteiger partial charge >= 0.3 is 0 Å². The third-order valence-electron chi connectivity index (χ3n) is 9.64. The molecule has 0 saturated heterocycles. The standard InChI is InChI=1S/C42H50O5/c1-7-26-40(4,5)47-30-29-45-34-24-20-32(21-25-34)42(37-16-12-10-14-35(37)36-15-11-13-17-38(36)42)31-18-22-33(23-19-31)44-27-28-46-39(43)41(6,8-2)9-3/h8,10-25,39,43H,2,7,9,26-30H2,1,3-6H3. The molecule has 5 heteroatoms. The molecule has 4 aromatic carbocycles. The first-order valence-corrected chi connectivity index (χ1v) is 16.9. The van der Waals surface area contributed by atoms with E-state index in [1.165, 1.54) is 27.8 Å². The fourth-order valence-electron chi connectivity index (χ4n) is 6.71. The van der Waals surface area contributed by atoms with Crippen molar-refractivity contribution in [1.82, 2.24) is 0 Å². The number of aliphatic hydroxyl groups is 1. The maximum absolute atomic E-state index is 10.5. The summed E-state index contributed by atoms with van der Waals surface area (Å²) in [7, 11) is 0. The molecule has 4 aromatic rings. The van der Waals surface area contributed by atoms with Gasteiger partial charge in [0.15, 0.2) is 6.29 Å². The van der Waals surface area contributed by atoms with Gasteiger partial charge in [-0.1, -0.05) is 106 Å². The minimum atomic E-state index is -0.929. The van der Waals surface area contributed by atoms with Gasteiger partial charge in [0.05, 0.1) is 24.2 Å². The molecule has 5 nitrogen and oxygen atoms in total. The zero-order valence-corrected chi connectivity index (χ0v) is 28.6. The summed E-state index contributed by atoms with van der Waals surface area (Å²) in [5.41, 5.74) is 6.15. The number of hydrogen-bond donors (Lipinski definition) is 1. The van der Waals surface area contributed by atoms with E-state index in [9.17, 15) is 5.11 Å². The Labute approximate surface area is 281 Å². The Hall–Kier alpha value is -3.90. The Bertz CT molecular complexity index is 1560. The van der Waals surface area contributed by atoms with Crippen LogP contribution in [0, 0.1) is 5.41 Å². The van der Waals surface area contributed by atoms with Gasteiger partial charge in [0, 0.05) is 5.41 Å². The molecule has 248 valence electrons. The molecule has 0 aromatic heterocycles. The van der Waals surface area contributed by atoms with Crippen LogP contribution in [0.1, 0.15) is 76.1 Å². The fourth-order valence-corrected chi connectivity index (χ4v) is 6.71. The highest BCUT2D eigenvalue weighted by molar-refractivity contribution is 5.86. The number of rotatable bonds is 17. The quantitative estimate of drug-likeness (QED) is 0.0628. The van der Waals surface area contributed by atoms with Gasteiger partial charge in [0.25, 0.3) is 0 Å². The van der Waals surface area contributed by atoms with Gasteiger partial charge in [-0.25, -0.2) is 0 Å². The monoisotopic (exact) mass is 634 g/mol. The summed E-state index contributed by atoms with van der Waals surface area (Å²) in [5.74, 6) is 1.57. The summed E-state index contributed by atoms with van der Waals surface area (Å²) >= 11 is 0. The van der Waals surface area contributed by atoms with E-state index in [0.717, 1.165) is 36.3 Å². The van der Waals surface area contributed by atoms with Crippen LogP contribution < -0.4 is 9.47 Å². The highest BCUT2D eigenvalue weighted by Gasteiger charge is 2.45. The van der Waals surface area contributed by atoms with Crippen LogP contribution in [0.5, 0.6) is 11.5 Å². The zero-order chi connectivity index (χ0) is 33.5. The molecule has 0 heterocycles. The van der Waals surface area contributed by atoms with E-state index in [2.05, 4.69) is 112 Å². The van der Waals surface area contributed by atoms with Crippen LogP contribution >= 0.6 is 0 Å². The van der Waals surface area contributed by atoms with Crippen molar-refractivity contribution in [3.63, 3.8) is 0 Å². The molecule has 1 N–H and O–H groups in total. The Morgan fingerprint density at radius 2 is 1.19 bits per heavy atom. The maximum atomic E-state index is 10.5. The van der Waals surface area contributed by atoms with Crippen LogP contribution in [0.2, 0.25) is 0 Å². The number of ether oxygens (including phenoxy) is 4. The summed E-state index contributed by atoms with van der Waals surface area (Å²) < 4.78 is 23.9. The lowest BCUT2D eigenvalue weighted by molar-refractivity contribution is -0.159. The molecule has 0 bridgehead atoms. The lowest BCUT2D eigenvalue weighted by Gasteiger charge is -2.34. The summed E-state index contributed by atoms with van der Waals surface area (Å²) in [6.45, 7) is 15.9. The fraction of sp³-hybridized carbons (Fsp3) is 0.381. The van der Waals surface area contributed by atoms with Crippen molar-refractivity contribution in [2.45, 2.75) is 71.2 Å². The number of hydrogen-bond acceptors (Lipinski definition) is 5. The number of aliphatic hydroxyl groups excluding tert-OH is 1. The highest BCUT2D eigenvalue weighted by Crippen LogP contribution is 2.56. The average molecular weight is 635 g/mol. The first-order chi connectivity index (χ1) is 22.7. The Morgan fingerprint density at radius 3 is 1.66 bits per heavy atom. The van der Waals surface area contributed by atoms with Gasteiger partial charge in [0.2, 0.25) is 0 Å². The van der Waals surface area contributed by atoms with Crippen molar-refractivity contribution in [2.24, 2.45) is 5.41 Å². The average Bonchev–Trinajstić information content (AvgIpc) is 3.40. The van der Waals surface area contributed by atoms with E-state index >= 15 is 0 Å². The van der Waals surface area contributed by atoms with Crippen LogP contribution in [-0.2, 0) is 14.9 Å². The van der Waals surface area contributed by atoms with Gasteiger partial charge in [0.1, 0.15) is 24.7 Å². The predicted molar refractivity (Wildman–Crippen MR) is 190 cm³/mol. The van der Waals surface area contributed by atoms with Crippen molar-refractivity contribution in [1.29, 1.82) is 0 Å². The molecular formula is C42H50O5. The molecule has 47 heavy (non-hydrogen) atoms. The molecule has 2 atom stereocenters. The SMILES string of the molecule is C=CC(C)(CC)C(O)OCCOc1ccc(C2(c3ccc(OCCOC(C)(C)CCC)cc3)c3ccccc3-c3ccccc32)cc1. The van der Waals surface area contributed by atoms with Crippen molar-refractivity contribution < 1.29 is 24.1 Å². The van der Waals surface area contributed by atoms with E-state index in [4.69, 9.17) is 18.9 Å². The van der Waals surface area contributed by atoms with Gasteiger partial charge in [-0.15, -0.1) is 6.58 Å². The molecule has 1 aliphatic carbocycles. The third-order valence-corrected chi connectivity index (χ3v) is 9.64. The molecule has 0 fully saturated rings. The van der Waals surface area contributed by atoms with E-state index in [1.54, 1.807) is 6.08 Å². The van der Waals surface area contributed by atoms with Crippen LogP contribution in [0.4, 0.5) is 0 Å². The first-order valence-electron chi connectivity index (χ1n) is 16.9. The lowest BCUT2D eigenvalue weighted by atomic mass is 9.68. The van der Waals surface area contributed by atoms with E-state index in [0.29, 0.717) is 19.8 Å². The predicted octanol–water partition coefficient (Wildman–Crippen LogP) is 9.34. The molecule has 0 radical (unpaired) electrons. The van der Waals surface area contributed by atoms with E-state index < -0.39 is 17.1 Å². The molecule has 1 aliphatic rings. The minimum absolute atomic E-state index is 0.142. The lowest BCUT2D eigenvalue weighted by Crippen LogP contribution is -2.33. The van der Waals surface area contributed by atoms with Gasteiger partial charge in [-0.2, -0.15) is 0 Å². The van der Waals surface area contributed by atoms with Crippen molar-refractivity contribution in [3.8, 4) is 22.6 Å². The molecule has 0 amide bonds. The first kappa shape index (κ1) is 34.4. The molecule has 5 rings (SSSR count). The summed E-state index contributed by atoms with van der Waals surface area (Å²) in [5, 5.41) is 10.5. The van der Waals surface area contributed by atoms with E-state index in [1.807, 2.05) is 26.0 Å². The third kappa shape index (κ3) is 7.18. The second-order valence-electron chi connectivity index (χ2n) is 13.2. The number of benzene rings is 4. The Kier molecular flexibility index (Phi) is 10.9. The van der Waals surface area contributed by atoms with E-state index in [-0.39, 0.29) is 12.2 Å².